The van der Waals surface area contributed by atoms with E-state index in [4.69, 9.17) is 34.8 Å². The van der Waals surface area contributed by atoms with Crippen LogP contribution in [0.1, 0.15) is 38.8 Å². The van der Waals surface area contributed by atoms with Crippen LogP contribution in [0.15, 0.2) is 42.5 Å². The van der Waals surface area contributed by atoms with Crippen LogP contribution in [0.2, 0.25) is 15.1 Å². The lowest BCUT2D eigenvalue weighted by atomic mass is 10.1. The number of hydrogen-bond donors (Lipinski definition) is 1. The third kappa shape index (κ3) is 7.22. The predicted molar refractivity (Wildman–Crippen MR) is 120 cm³/mol. The minimum Gasteiger partial charge on any atom is -0.350 e. The molecule has 7 heteroatoms. The van der Waals surface area contributed by atoms with Crippen LogP contribution >= 0.6 is 34.8 Å². The summed E-state index contributed by atoms with van der Waals surface area (Å²) in [6.07, 6.45) is 0.0662. The minimum atomic E-state index is -0.663. The summed E-state index contributed by atoms with van der Waals surface area (Å²) in [7, 11) is 0. The van der Waals surface area contributed by atoms with E-state index in [1.54, 1.807) is 42.2 Å². The van der Waals surface area contributed by atoms with Crippen molar-refractivity contribution in [1.29, 1.82) is 0 Å². The fourth-order valence-electron chi connectivity index (χ4n) is 2.77. The molecule has 2 amide bonds. The second kappa shape index (κ2) is 9.84. The highest BCUT2D eigenvalue weighted by molar-refractivity contribution is 6.35. The van der Waals surface area contributed by atoms with Crippen LogP contribution in [0, 0.1) is 0 Å². The SMILES string of the molecule is C[C@@H](C(=O)NC(C)(C)C)N(Cc1ccc(Cl)cc1)C(=O)Cc1ccc(Cl)cc1Cl. The molecule has 0 aliphatic heterocycles. The average molecular weight is 456 g/mol. The third-order valence-corrected chi connectivity index (χ3v) is 5.13. The van der Waals surface area contributed by atoms with E-state index in [1.807, 2.05) is 32.9 Å². The molecule has 1 N–H and O–H groups in total. The van der Waals surface area contributed by atoms with Gasteiger partial charge >= 0.3 is 0 Å². The molecule has 0 radical (unpaired) electrons. The van der Waals surface area contributed by atoms with Gasteiger partial charge in [0, 0.05) is 27.2 Å². The van der Waals surface area contributed by atoms with E-state index >= 15 is 0 Å². The molecule has 2 rings (SSSR count). The maximum atomic E-state index is 13.2. The Kier molecular flexibility index (Phi) is 7.98. The van der Waals surface area contributed by atoms with Crippen LogP contribution in [-0.2, 0) is 22.6 Å². The summed E-state index contributed by atoms with van der Waals surface area (Å²) in [5.41, 5.74) is 1.13. The second-order valence-electron chi connectivity index (χ2n) is 7.98. The van der Waals surface area contributed by atoms with Crippen molar-refractivity contribution in [2.45, 2.75) is 52.2 Å². The van der Waals surface area contributed by atoms with Gasteiger partial charge < -0.3 is 10.2 Å². The van der Waals surface area contributed by atoms with Crippen LogP contribution in [0.3, 0.4) is 0 Å². The average Bonchev–Trinajstić information content (AvgIpc) is 2.61. The predicted octanol–water partition coefficient (Wildman–Crippen LogP) is 5.52. The van der Waals surface area contributed by atoms with Crippen molar-refractivity contribution in [2.24, 2.45) is 0 Å². The fraction of sp³-hybridized carbons (Fsp3) is 0.364. The largest absolute Gasteiger partial charge is 0.350 e. The highest BCUT2D eigenvalue weighted by atomic mass is 35.5. The molecule has 2 aromatic carbocycles. The standard InChI is InChI=1S/C22H25Cl3N2O2/c1-14(21(29)26-22(2,3)4)27(13-15-5-8-17(23)9-6-15)20(28)11-16-7-10-18(24)12-19(16)25/h5-10,12,14H,11,13H2,1-4H3,(H,26,29)/t14-/m0/s1. The molecule has 2 aromatic rings. The first-order valence-corrected chi connectivity index (χ1v) is 10.4. The lowest BCUT2D eigenvalue weighted by Crippen LogP contribution is -2.52. The van der Waals surface area contributed by atoms with Gasteiger partial charge in [-0.1, -0.05) is 53.0 Å². The maximum Gasteiger partial charge on any atom is 0.242 e. The van der Waals surface area contributed by atoms with Gasteiger partial charge in [0.1, 0.15) is 6.04 Å². The van der Waals surface area contributed by atoms with Gasteiger partial charge in [-0.2, -0.15) is 0 Å². The van der Waals surface area contributed by atoms with Crippen molar-refractivity contribution in [3.05, 3.63) is 68.7 Å². The number of rotatable bonds is 6. The topological polar surface area (TPSA) is 49.4 Å². The highest BCUT2D eigenvalue weighted by Crippen LogP contribution is 2.23. The van der Waals surface area contributed by atoms with Crippen molar-refractivity contribution >= 4 is 46.6 Å². The molecule has 0 spiro atoms. The Morgan fingerprint density at radius 3 is 2.14 bits per heavy atom. The van der Waals surface area contributed by atoms with E-state index in [2.05, 4.69) is 5.32 Å². The van der Waals surface area contributed by atoms with E-state index in [9.17, 15) is 9.59 Å². The number of carbonyl (C=O) groups is 2. The lowest BCUT2D eigenvalue weighted by Gasteiger charge is -2.31. The van der Waals surface area contributed by atoms with Crippen molar-refractivity contribution in [1.82, 2.24) is 10.2 Å². The van der Waals surface area contributed by atoms with E-state index in [-0.39, 0.29) is 24.8 Å². The van der Waals surface area contributed by atoms with E-state index in [0.717, 1.165) is 5.56 Å². The normalized spacial score (nSPS) is 12.4. The first-order chi connectivity index (χ1) is 13.5. The molecule has 29 heavy (non-hydrogen) atoms. The number of nitrogens with one attached hydrogen (secondary N) is 1. The molecule has 1 atom stereocenters. The Morgan fingerprint density at radius 1 is 1.00 bits per heavy atom. The molecule has 0 unspecified atom stereocenters. The third-order valence-electron chi connectivity index (χ3n) is 4.29. The van der Waals surface area contributed by atoms with Crippen LogP contribution in [0.25, 0.3) is 0 Å². The molecule has 0 aromatic heterocycles. The number of hydrogen-bond acceptors (Lipinski definition) is 2. The van der Waals surface area contributed by atoms with Crippen LogP contribution in [0.4, 0.5) is 0 Å². The zero-order valence-corrected chi connectivity index (χ0v) is 19.2. The van der Waals surface area contributed by atoms with Crippen molar-refractivity contribution in [3.8, 4) is 0 Å². The molecule has 0 aliphatic carbocycles. The molecule has 0 aliphatic rings. The van der Waals surface area contributed by atoms with E-state index in [0.29, 0.717) is 20.6 Å². The summed E-state index contributed by atoms with van der Waals surface area (Å²) < 4.78 is 0. The van der Waals surface area contributed by atoms with E-state index in [1.165, 1.54) is 0 Å². The van der Waals surface area contributed by atoms with Crippen LogP contribution in [-0.4, -0.2) is 28.3 Å². The smallest absolute Gasteiger partial charge is 0.242 e. The van der Waals surface area contributed by atoms with Gasteiger partial charge in [0.15, 0.2) is 0 Å². The maximum absolute atomic E-state index is 13.2. The molecule has 0 heterocycles. The Labute approximate surface area is 187 Å². The Hall–Kier alpha value is -1.75. The van der Waals surface area contributed by atoms with Gasteiger partial charge in [-0.15, -0.1) is 0 Å². The molecule has 0 saturated heterocycles. The quantitative estimate of drug-likeness (QED) is 0.623. The van der Waals surface area contributed by atoms with Gasteiger partial charge in [-0.3, -0.25) is 9.59 Å². The van der Waals surface area contributed by atoms with Crippen molar-refractivity contribution < 1.29 is 9.59 Å². The molecule has 156 valence electrons. The van der Waals surface area contributed by atoms with Crippen molar-refractivity contribution in [2.75, 3.05) is 0 Å². The van der Waals surface area contributed by atoms with Crippen LogP contribution in [0.5, 0.6) is 0 Å². The molecule has 0 saturated carbocycles. The fourth-order valence-corrected chi connectivity index (χ4v) is 3.37. The lowest BCUT2D eigenvalue weighted by molar-refractivity contribution is -0.140. The number of benzene rings is 2. The zero-order valence-electron chi connectivity index (χ0n) is 16.9. The van der Waals surface area contributed by atoms with Gasteiger partial charge in [0.2, 0.25) is 11.8 Å². The van der Waals surface area contributed by atoms with Crippen LogP contribution < -0.4 is 5.32 Å². The summed E-state index contributed by atoms with van der Waals surface area (Å²) in [4.78, 5) is 27.5. The summed E-state index contributed by atoms with van der Waals surface area (Å²) in [6.45, 7) is 7.70. The summed E-state index contributed by atoms with van der Waals surface area (Å²) >= 11 is 18.1. The molecule has 0 fully saturated rings. The van der Waals surface area contributed by atoms with E-state index < -0.39 is 11.6 Å². The summed E-state index contributed by atoms with van der Waals surface area (Å²) in [5.74, 6) is -0.428. The Morgan fingerprint density at radius 2 is 1.59 bits per heavy atom. The second-order valence-corrected chi connectivity index (χ2v) is 9.26. The first-order valence-electron chi connectivity index (χ1n) is 9.26. The number of amides is 2. The van der Waals surface area contributed by atoms with Gasteiger partial charge in [-0.25, -0.2) is 0 Å². The molecular formula is C22H25Cl3N2O2. The first kappa shape index (κ1) is 23.5. The summed E-state index contributed by atoms with van der Waals surface area (Å²) in [6, 6.07) is 11.6. The van der Waals surface area contributed by atoms with Gasteiger partial charge in [0.05, 0.1) is 6.42 Å². The Balaban J connectivity index is 2.27. The van der Waals surface area contributed by atoms with Gasteiger partial charge in [-0.05, 0) is 63.1 Å². The molecular weight excluding hydrogens is 431 g/mol. The summed E-state index contributed by atoms with van der Waals surface area (Å²) in [5, 5.41) is 4.47. The zero-order chi connectivity index (χ0) is 21.8. The highest BCUT2D eigenvalue weighted by Gasteiger charge is 2.28. The minimum absolute atomic E-state index is 0.0662. The van der Waals surface area contributed by atoms with Crippen molar-refractivity contribution in [3.63, 3.8) is 0 Å². The monoisotopic (exact) mass is 454 g/mol. The number of nitrogens with zero attached hydrogens (tertiary/aromatic N) is 1. The molecule has 0 bridgehead atoms. The number of carbonyl (C=O) groups excluding carboxylic acids is 2. The Bertz CT molecular complexity index is 877. The number of halogens is 3. The van der Waals surface area contributed by atoms with Gasteiger partial charge in [0.25, 0.3) is 0 Å². The molecule has 4 nitrogen and oxygen atoms in total.